The first-order valence-electron chi connectivity index (χ1n) is 5.86. The van der Waals surface area contributed by atoms with Gasteiger partial charge >= 0.3 is 0 Å². The van der Waals surface area contributed by atoms with Crippen LogP contribution < -0.4 is 5.32 Å². The van der Waals surface area contributed by atoms with Gasteiger partial charge in [0.05, 0.1) is 27.2 Å². The molecular weight excluding hydrogens is 365 g/mol. The summed E-state index contributed by atoms with van der Waals surface area (Å²) in [5.74, 6) is -0.0493. The van der Waals surface area contributed by atoms with E-state index >= 15 is 0 Å². The Morgan fingerprint density at radius 1 is 1.78 bits per heavy atom. The number of carbonyl (C=O) groups excluding carboxylic acids is 1. The minimum absolute atomic E-state index is 0.0493. The van der Waals surface area contributed by atoms with Gasteiger partial charge in [0.15, 0.2) is 0 Å². The summed E-state index contributed by atoms with van der Waals surface area (Å²) >= 11 is 3.78. The Morgan fingerprint density at radius 3 is 3.17 bits per heavy atom. The number of ether oxygens (including phenoxy) is 2. The predicted molar refractivity (Wildman–Crippen MR) is 79.1 cm³/mol. The molecule has 2 atom stereocenters. The fourth-order valence-electron chi connectivity index (χ4n) is 2.02. The van der Waals surface area contributed by atoms with E-state index in [1.54, 1.807) is 18.4 Å². The predicted octanol–water partition coefficient (Wildman–Crippen LogP) is 2.28. The summed E-state index contributed by atoms with van der Waals surface area (Å²) in [6, 6.07) is 1.82. The van der Waals surface area contributed by atoms with Crippen LogP contribution in [-0.4, -0.2) is 38.4 Å². The highest BCUT2D eigenvalue weighted by atomic mass is 127. The van der Waals surface area contributed by atoms with Gasteiger partial charge in [-0.25, -0.2) is 0 Å². The van der Waals surface area contributed by atoms with Crippen molar-refractivity contribution in [3.05, 3.63) is 19.9 Å². The third-order valence-corrected chi connectivity index (χ3v) is 4.70. The largest absolute Gasteiger partial charge is 0.382 e. The molecule has 4 nitrogen and oxygen atoms in total. The molecule has 2 rings (SSSR count). The first kappa shape index (κ1) is 14.2. The lowest BCUT2D eigenvalue weighted by Gasteiger charge is -2.23. The average molecular weight is 381 g/mol. The molecule has 0 saturated carbocycles. The van der Waals surface area contributed by atoms with Crippen molar-refractivity contribution in [3.8, 4) is 0 Å². The van der Waals surface area contributed by atoms with Crippen molar-refractivity contribution in [2.45, 2.75) is 25.0 Å². The first-order valence-corrected chi connectivity index (χ1v) is 7.82. The molecule has 1 saturated heterocycles. The van der Waals surface area contributed by atoms with Crippen molar-refractivity contribution < 1.29 is 14.3 Å². The third-order valence-electron chi connectivity index (χ3n) is 2.91. The van der Waals surface area contributed by atoms with Crippen LogP contribution in [0.2, 0.25) is 0 Å². The van der Waals surface area contributed by atoms with E-state index in [-0.39, 0.29) is 18.1 Å². The SMILES string of the molecule is COC[C@H](NC(=O)c1csc(I)c1)[C@@H]1CCCO1. The number of hydrogen-bond acceptors (Lipinski definition) is 4. The molecule has 1 aromatic heterocycles. The van der Waals surface area contributed by atoms with Gasteiger partial charge in [-0.3, -0.25) is 4.79 Å². The van der Waals surface area contributed by atoms with E-state index in [4.69, 9.17) is 9.47 Å². The summed E-state index contributed by atoms with van der Waals surface area (Å²) in [6.45, 7) is 1.26. The maximum atomic E-state index is 12.1. The second-order valence-corrected chi connectivity index (χ2v) is 7.03. The normalized spacial score (nSPS) is 20.9. The molecule has 1 amide bonds. The number of halogens is 1. The summed E-state index contributed by atoms with van der Waals surface area (Å²) in [7, 11) is 1.64. The van der Waals surface area contributed by atoms with Gasteiger partial charge in [-0.15, -0.1) is 11.3 Å². The maximum absolute atomic E-state index is 12.1. The Morgan fingerprint density at radius 2 is 2.61 bits per heavy atom. The van der Waals surface area contributed by atoms with Crippen LogP contribution in [0, 0.1) is 2.88 Å². The summed E-state index contributed by atoms with van der Waals surface area (Å²) in [4.78, 5) is 12.1. The number of rotatable bonds is 5. The minimum atomic E-state index is -0.0671. The lowest BCUT2D eigenvalue weighted by atomic mass is 10.1. The molecule has 0 radical (unpaired) electrons. The van der Waals surface area contributed by atoms with Gasteiger partial charge in [-0.2, -0.15) is 0 Å². The fourth-order valence-corrected chi connectivity index (χ4v) is 3.35. The lowest BCUT2D eigenvalue weighted by molar-refractivity contribution is 0.0403. The van der Waals surface area contributed by atoms with Crippen LogP contribution in [0.15, 0.2) is 11.4 Å². The summed E-state index contributed by atoms with van der Waals surface area (Å²) < 4.78 is 11.9. The van der Waals surface area contributed by atoms with Gasteiger partial charge in [0, 0.05) is 19.1 Å². The van der Waals surface area contributed by atoms with Gasteiger partial charge < -0.3 is 14.8 Å². The molecule has 1 fully saturated rings. The second-order valence-electron chi connectivity index (χ2n) is 4.23. The summed E-state index contributed by atoms with van der Waals surface area (Å²) in [5.41, 5.74) is 0.712. The van der Waals surface area contributed by atoms with E-state index in [1.807, 2.05) is 11.4 Å². The monoisotopic (exact) mass is 381 g/mol. The van der Waals surface area contributed by atoms with Crippen LogP contribution in [0.25, 0.3) is 0 Å². The van der Waals surface area contributed by atoms with E-state index in [9.17, 15) is 4.79 Å². The van der Waals surface area contributed by atoms with Crippen molar-refractivity contribution >= 4 is 39.8 Å². The van der Waals surface area contributed by atoms with E-state index in [2.05, 4.69) is 27.9 Å². The van der Waals surface area contributed by atoms with E-state index in [0.717, 1.165) is 22.3 Å². The Labute approximate surface area is 124 Å². The highest BCUT2D eigenvalue weighted by molar-refractivity contribution is 14.1. The van der Waals surface area contributed by atoms with Crippen LogP contribution in [0.1, 0.15) is 23.2 Å². The van der Waals surface area contributed by atoms with Gasteiger partial charge in [-0.1, -0.05) is 0 Å². The molecule has 0 aliphatic carbocycles. The van der Waals surface area contributed by atoms with Crippen molar-refractivity contribution in [2.75, 3.05) is 20.3 Å². The number of methoxy groups -OCH3 is 1. The molecule has 0 unspecified atom stereocenters. The van der Waals surface area contributed by atoms with E-state index in [0.29, 0.717) is 12.2 Å². The zero-order chi connectivity index (χ0) is 13.0. The van der Waals surface area contributed by atoms with Gasteiger partial charge in [0.2, 0.25) is 0 Å². The maximum Gasteiger partial charge on any atom is 0.252 e. The molecule has 0 bridgehead atoms. The Kier molecular flexibility index (Phi) is 5.40. The standard InChI is InChI=1S/C12H16INO3S/c1-16-6-9(10-3-2-4-17-10)14-12(15)8-5-11(13)18-7-8/h5,7,9-10H,2-4,6H2,1H3,(H,14,15)/t9-,10-/m0/s1. The van der Waals surface area contributed by atoms with Gasteiger partial charge in [0.1, 0.15) is 0 Å². The van der Waals surface area contributed by atoms with Crippen LogP contribution in [0.3, 0.4) is 0 Å². The van der Waals surface area contributed by atoms with Gasteiger partial charge in [0.25, 0.3) is 5.91 Å². The quantitative estimate of drug-likeness (QED) is 0.797. The number of amides is 1. The van der Waals surface area contributed by atoms with Gasteiger partial charge in [-0.05, 0) is 41.5 Å². The third kappa shape index (κ3) is 3.66. The molecule has 6 heteroatoms. The van der Waals surface area contributed by atoms with Crippen molar-refractivity contribution in [1.82, 2.24) is 5.32 Å². The minimum Gasteiger partial charge on any atom is -0.382 e. The molecule has 18 heavy (non-hydrogen) atoms. The highest BCUT2D eigenvalue weighted by Gasteiger charge is 2.27. The topological polar surface area (TPSA) is 47.6 Å². The Hall–Kier alpha value is -0.180. The van der Waals surface area contributed by atoms with E-state index < -0.39 is 0 Å². The molecule has 1 aliphatic rings. The molecule has 100 valence electrons. The average Bonchev–Trinajstić information content (AvgIpc) is 2.98. The van der Waals surface area contributed by atoms with Crippen molar-refractivity contribution in [3.63, 3.8) is 0 Å². The molecule has 2 heterocycles. The molecule has 0 spiro atoms. The van der Waals surface area contributed by atoms with Crippen LogP contribution in [0.4, 0.5) is 0 Å². The lowest BCUT2D eigenvalue weighted by Crippen LogP contribution is -2.46. The number of thiophene rings is 1. The van der Waals surface area contributed by atoms with Crippen molar-refractivity contribution in [1.29, 1.82) is 0 Å². The smallest absolute Gasteiger partial charge is 0.252 e. The molecular formula is C12H16INO3S. The first-order chi connectivity index (χ1) is 8.70. The van der Waals surface area contributed by atoms with E-state index in [1.165, 1.54) is 0 Å². The zero-order valence-electron chi connectivity index (χ0n) is 10.1. The van der Waals surface area contributed by atoms with Crippen LogP contribution >= 0.6 is 33.9 Å². The van der Waals surface area contributed by atoms with Crippen LogP contribution in [0.5, 0.6) is 0 Å². The Bertz CT molecular complexity index is 404. The molecule has 0 aromatic carbocycles. The summed E-state index contributed by atoms with van der Waals surface area (Å²) in [5, 5.41) is 4.88. The molecule has 1 aromatic rings. The highest BCUT2D eigenvalue weighted by Crippen LogP contribution is 2.19. The van der Waals surface area contributed by atoms with Crippen molar-refractivity contribution in [2.24, 2.45) is 0 Å². The zero-order valence-corrected chi connectivity index (χ0v) is 13.1. The number of hydrogen-bond donors (Lipinski definition) is 1. The molecule has 1 N–H and O–H groups in total. The Balaban J connectivity index is 1.97. The summed E-state index contributed by atoms with van der Waals surface area (Å²) in [6.07, 6.45) is 2.11. The number of nitrogens with one attached hydrogen (secondary N) is 1. The number of carbonyl (C=O) groups is 1. The van der Waals surface area contributed by atoms with Crippen LogP contribution in [-0.2, 0) is 9.47 Å². The fraction of sp³-hybridized carbons (Fsp3) is 0.583. The molecule has 1 aliphatic heterocycles. The second kappa shape index (κ2) is 6.83.